The molecule has 84 valence electrons. The quantitative estimate of drug-likeness (QED) is 0.929. The first kappa shape index (κ1) is 11.8. The minimum absolute atomic E-state index is 0.326. The predicted molar refractivity (Wildman–Crippen MR) is 71.5 cm³/mol. The molecule has 0 aliphatic rings. The second-order valence-corrected chi connectivity index (χ2v) is 5.94. The van der Waals surface area contributed by atoms with Gasteiger partial charge in [-0.25, -0.2) is 0 Å². The van der Waals surface area contributed by atoms with Gasteiger partial charge in [0.1, 0.15) is 0 Å². The van der Waals surface area contributed by atoms with Crippen LogP contribution in [0.25, 0.3) is 0 Å². The van der Waals surface area contributed by atoms with Crippen molar-refractivity contribution in [2.75, 3.05) is 0 Å². The van der Waals surface area contributed by atoms with Crippen LogP contribution in [-0.2, 0) is 6.54 Å². The fourth-order valence-corrected chi connectivity index (χ4v) is 2.67. The first-order chi connectivity index (χ1) is 7.75. The van der Waals surface area contributed by atoms with E-state index in [1.54, 1.807) is 17.5 Å². The summed E-state index contributed by atoms with van der Waals surface area (Å²) in [5, 5.41) is 5.63. The lowest BCUT2D eigenvalue weighted by molar-refractivity contribution is 0.574. The lowest BCUT2D eigenvalue weighted by Crippen LogP contribution is -2.17. The van der Waals surface area contributed by atoms with Crippen LogP contribution in [0.2, 0.25) is 0 Å². The summed E-state index contributed by atoms with van der Waals surface area (Å²) < 4.78 is 1.18. The van der Waals surface area contributed by atoms with Gasteiger partial charge in [0.25, 0.3) is 0 Å². The van der Waals surface area contributed by atoms with Gasteiger partial charge in [-0.2, -0.15) is 0 Å². The van der Waals surface area contributed by atoms with Crippen molar-refractivity contribution in [1.82, 2.24) is 10.3 Å². The van der Waals surface area contributed by atoms with E-state index < -0.39 is 0 Å². The van der Waals surface area contributed by atoms with Gasteiger partial charge < -0.3 is 5.32 Å². The number of nitrogens with zero attached hydrogens (tertiary/aromatic N) is 1. The molecule has 0 radical (unpaired) electrons. The van der Waals surface area contributed by atoms with Crippen molar-refractivity contribution in [1.29, 1.82) is 0 Å². The highest BCUT2D eigenvalue weighted by Gasteiger charge is 2.04. The molecule has 0 aliphatic heterocycles. The highest BCUT2D eigenvalue weighted by molar-refractivity contribution is 9.11. The van der Waals surface area contributed by atoms with E-state index in [1.165, 1.54) is 14.9 Å². The Morgan fingerprint density at radius 3 is 3.06 bits per heavy atom. The highest BCUT2D eigenvalue weighted by Crippen LogP contribution is 2.21. The van der Waals surface area contributed by atoms with Gasteiger partial charge >= 0.3 is 0 Å². The monoisotopic (exact) mass is 296 g/mol. The Balaban J connectivity index is 1.91. The lowest BCUT2D eigenvalue weighted by Gasteiger charge is -2.12. The molecule has 2 heterocycles. The third kappa shape index (κ3) is 3.14. The zero-order chi connectivity index (χ0) is 11.4. The number of nitrogens with one attached hydrogen (secondary N) is 1. The Bertz CT molecular complexity index is 441. The summed E-state index contributed by atoms with van der Waals surface area (Å²) >= 11 is 5.18. The van der Waals surface area contributed by atoms with Gasteiger partial charge in [0.15, 0.2) is 0 Å². The van der Waals surface area contributed by atoms with E-state index >= 15 is 0 Å². The number of thiophene rings is 1. The van der Waals surface area contributed by atoms with Crippen LogP contribution in [0.4, 0.5) is 0 Å². The van der Waals surface area contributed by atoms with Crippen LogP contribution in [0.3, 0.4) is 0 Å². The molecule has 0 fully saturated rings. The Labute approximate surface area is 108 Å². The van der Waals surface area contributed by atoms with Gasteiger partial charge in [0.2, 0.25) is 0 Å². The van der Waals surface area contributed by atoms with E-state index in [4.69, 9.17) is 0 Å². The number of hydrogen-bond donors (Lipinski definition) is 1. The van der Waals surface area contributed by atoms with Crippen molar-refractivity contribution >= 4 is 27.3 Å². The number of hydrogen-bond acceptors (Lipinski definition) is 3. The van der Waals surface area contributed by atoms with E-state index in [1.807, 2.05) is 12.3 Å². The molecule has 16 heavy (non-hydrogen) atoms. The standard InChI is InChI=1S/C12H13BrN2S/c1-9(11-3-2-4-14-7-11)15-6-10-5-12(13)16-8-10/h2-5,7-9,15H,6H2,1H3/t9-/m1/s1. The first-order valence-electron chi connectivity index (χ1n) is 5.12. The molecule has 1 N–H and O–H groups in total. The number of aromatic nitrogens is 1. The molecule has 0 aliphatic carbocycles. The van der Waals surface area contributed by atoms with Crippen molar-refractivity contribution in [2.24, 2.45) is 0 Å². The summed E-state index contributed by atoms with van der Waals surface area (Å²) in [6.07, 6.45) is 3.70. The van der Waals surface area contributed by atoms with Crippen LogP contribution in [0.15, 0.2) is 39.8 Å². The van der Waals surface area contributed by atoms with E-state index in [-0.39, 0.29) is 0 Å². The molecular weight excluding hydrogens is 284 g/mol. The minimum atomic E-state index is 0.326. The van der Waals surface area contributed by atoms with Crippen molar-refractivity contribution in [3.8, 4) is 0 Å². The summed E-state index contributed by atoms with van der Waals surface area (Å²) in [4.78, 5) is 4.12. The van der Waals surface area contributed by atoms with Gasteiger partial charge in [-0.3, -0.25) is 4.98 Å². The second-order valence-electron chi connectivity index (χ2n) is 3.65. The predicted octanol–water partition coefficient (Wildman–Crippen LogP) is 3.76. The van der Waals surface area contributed by atoms with E-state index in [2.05, 4.69) is 50.7 Å². The van der Waals surface area contributed by atoms with Crippen LogP contribution < -0.4 is 5.32 Å². The number of pyridine rings is 1. The van der Waals surface area contributed by atoms with Crippen molar-refractivity contribution < 1.29 is 0 Å². The Hall–Kier alpha value is -0.710. The fourth-order valence-electron chi connectivity index (χ4n) is 1.46. The van der Waals surface area contributed by atoms with Crippen LogP contribution >= 0.6 is 27.3 Å². The molecule has 1 atom stereocenters. The summed E-state index contributed by atoms with van der Waals surface area (Å²) in [7, 11) is 0. The molecule has 0 saturated carbocycles. The molecule has 0 bridgehead atoms. The van der Waals surface area contributed by atoms with Crippen LogP contribution in [-0.4, -0.2) is 4.98 Å². The van der Waals surface area contributed by atoms with E-state index in [9.17, 15) is 0 Å². The molecule has 2 nitrogen and oxygen atoms in total. The van der Waals surface area contributed by atoms with Gasteiger partial charge in [0, 0.05) is 25.0 Å². The molecule has 0 spiro atoms. The summed E-state index contributed by atoms with van der Waals surface area (Å²) in [6, 6.07) is 6.53. The van der Waals surface area contributed by atoms with Crippen LogP contribution in [0, 0.1) is 0 Å². The third-order valence-electron chi connectivity index (χ3n) is 2.42. The Morgan fingerprint density at radius 1 is 1.56 bits per heavy atom. The Kier molecular flexibility index (Phi) is 4.09. The molecule has 0 saturated heterocycles. The van der Waals surface area contributed by atoms with Crippen molar-refractivity contribution in [3.05, 3.63) is 50.9 Å². The molecule has 0 aromatic carbocycles. The number of halogens is 1. The topological polar surface area (TPSA) is 24.9 Å². The normalized spacial score (nSPS) is 12.6. The third-order valence-corrected chi connectivity index (χ3v) is 3.97. The van der Waals surface area contributed by atoms with E-state index in [0.717, 1.165) is 6.54 Å². The van der Waals surface area contributed by atoms with E-state index in [0.29, 0.717) is 6.04 Å². The lowest BCUT2D eigenvalue weighted by atomic mass is 10.1. The maximum Gasteiger partial charge on any atom is 0.0701 e. The molecule has 2 aromatic rings. The first-order valence-corrected chi connectivity index (χ1v) is 6.79. The highest BCUT2D eigenvalue weighted by atomic mass is 79.9. The van der Waals surface area contributed by atoms with Gasteiger partial charge in [-0.05, 0) is 51.5 Å². The van der Waals surface area contributed by atoms with Crippen molar-refractivity contribution in [2.45, 2.75) is 19.5 Å². The maximum atomic E-state index is 4.12. The Morgan fingerprint density at radius 2 is 2.44 bits per heavy atom. The molecule has 0 unspecified atom stereocenters. The molecular formula is C12H13BrN2S. The average Bonchev–Trinajstić information content (AvgIpc) is 2.73. The van der Waals surface area contributed by atoms with Gasteiger partial charge in [-0.15, -0.1) is 11.3 Å². The summed E-state index contributed by atoms with van der Waals surface area (Å²) in [5.41, 5.74) is 2.53. The zero-order valence-corrected chi connectivity index (χ0v) is 11.4. The zero-order valence-electron chi connectivity index (χ0n) is 8.98. The smallest absolute Gasteiger partial charge is 0.0701 e. The summed E-state index contributed by atoms with van der Waals surface area (Å²) in [6.45, 7) is 3.04. The van der Waals surface area contributed by atoms with Gasteiger partial charge in [-0.1, -0.05) is 6.07 Å². The largest absolute Gasteiger partial charge is 0.306 e. The molecule has 4 heteroatoms. The number of rotatable bonds is 4. The summed E-state index contributed by atoms with van der Waals surface area (Å²) in [5.74, 6) is 0. The molecule has 2 aromatic heterocycles. The maximum absolute atomic E-state index is 4.12. The van der Waals surface area contributed by atoms with Crippen LogP contribution in [0.5, 0.6) is 0 Å². The van der Waals surface area contributed by atoms with Crippen LogP contribution in [0.1, 0.15) is 24.1 Å². The van der Waals surface area contributed by atoms with Crippen molar-refractivity contribution in [3.63, 3.8) is 0 Å². The van der Waals surface area contributed by atoms with Gasteiger partial charge in [0.05, 0.1) is 3.79 Å². The average molecular weight is 297 g/mol. The fraction of sp³-hybridized carbons (Fsp3) is 0.250. The molecule has 2 rings (SSSR count). The molecule has 0 amide bonds. The minimum Gasteiger partial charge on any atom is -0.306 e. The second kappa shape index (κ2) is 5.57. The SMILES string of the molecule is C[C@@H](NCc1csc(Br)c1)c1cccnc1.